The number of hydrogen-bond acceptors (Lipinski definition) is 3. The van der Waals surface area contributed by atoms with Crippen molar-refractivity contribution >= 4 is 17.0 Å². The Kier molecular flexibility index (Phi) is 3.46. The largest absolute Gasteiger partial charge is 0.380 e. The van der Waals surface area contributed by atoms with Crippen molar-refractivity contribution in [3.8, 4) is 6.07 Å². The van der Waals surface area contributed by atoms with Gasteiger partial charge in [-0.2, -0.15) is 5.26 Å². The third-order valence-corrected chi connectivity index (χ3v) is 3.83. The molecule has 2 nitrogen and oxygen atoms in total. The highest BCUT2D eigenvalue weighted by atomic mass is 32.1. The molecule has 86 valence electrons. The van der Waals surface area contributed by atoms with Crippen LogP contribution in [0.4, 0.5) is 5.69 Å². The highest BCUT2D eigenvalue weighted by Gasteiger charge is 2.01. The van der Waals surface area contributed by atoms with Crippen LogP contribution in [-0.2, 0) is 6.54 Å². The molecule has 0 aliphatic carbocycles. The molecule has 0 amide bonds. The van der Waals surface area contributed by atoms with Crippen molar-refractivity contribution in [2.75, 3.05) is 5.32 Å². The second-order valence-electron chi connectivity index (χ2n) is 4.00. The first kappa shape index (κ1) is 11.7. The zero-order valence-electron chi connectivity index (χ0n) is 9.95. The van der Waals surface area contributed by atoms with Crippen molar-refractivity contribution in [3.05, 3.63) is 51.2 Å². The average Bonchev–Trinajstić information content (AvgIpc) is 2.67. The standard InChI is InChI=1S/C14H14N2S/c1-10-6-14(17-11(10)2)9-16-13-5-3-4-12(7-13)8-15/h3-7,16H,9H2,1-2H3. The zero-order valence-corrected chi connectivity index (χ0v) is 10.8. The minimum atomic E-state index is 0.688. The maximum atomic E-state index is 8.81. The topological polar surface area (TPSA) is 35.8 Å². The number of anilines is 1. The Hall–Kier alpha value is -1.79. The fourth-order valence-corrected chi connectivity index (χ4v) is 2.62. The Balaban J connectivity index is 2.05. The van der Waals surface area contributed by atoms with Crippen molar-refractivity contribution in [3.63, 3.8) is 0 Å². The van der Waals surface area contributed by atoms with Crippen LogP contribution in [-0.4, -0.2) is 0 Å². The van der Waals surface area contributed by atoms with Gasteiger partial charge in [-0.05, 0) is 43.7 Å². The van der Waals surface area contributed by atoms with Gasteiger partial charge in [-0.3, -0.25) is 0 Å². The predicted octanol–water partition coefficient (Wildman–Crippen LogP) is 3.85. The number of rotatable bonds is 3. The van der Waals surface area contributed by atoms with E-state index in [0.717, 1.165) is 12.2 Å². The molecular formula is C14H14N2S. The van der Waals surface area contributed by atoms with E-state index in [-0.39, 0.29) is 0 Å². The van der Waals surface area contributed by atoms with E-state index in [1.807, 2.05) is 35.6 Å². The molecular weight excluding hydrogens is 228 g/mol. The van der Waals surface area contributed by atoms with E-state index in [1.54, 1.807) is 0 Å². The zero-order chi connectivity index (χ0) is 12.3. The first-order chi connectivity index (χ1) is 8.19. The Morgan fingerprint density at radius 3 is 2.76 bits per heavy atom. The Morgan fingerprint density at radius 2 is 2.12 bits per heavy atom. The molecule has 3 heteroatoms. The van der Waals surface area contributed by atoms with Gasteiger partial charge in [0.15, 0.2) is 0 Å². The summed E-state index contributed by atoms with van der Waals surface area (Å²) in [5.74, 6) is 0. The number of hydrogen-bond donors (Lipinski definition) is 1. The highest BCUT2D eigenvalue weighted by molar-refractivity contribution is 7.12. The molecule has 0 saturated heterocycles. The molecule has 0 aliphatic rings. The fraction of sp³-hybridized carbons (Fsp3) is 0.214. The van der Waals surface area contributed by atoms with Gasteiger partial charge in [0.05, 0.1) is 11.6 Å². The van der Waals surface area contributed by atoms with E-state index in [4.69, 9.17) is 5.26 Å². The van der Waals surface area contributed by atoms with Crippen LogP contribution in [0, 0.1) is 25.2 Å². The summed E-state index contributed by atoms with van der Waals surface area (Å²) in [7, 11) is 0. The Bertz CT molecular complexity index is 544. The first-order valence-electron chi connectivity index (χ1n) is 5.49. The predicted molar refractivity (Wildman–Crippen MR) is 72.3 cm³/mol. The van der Waals surface area contributed by atoms with E-state index < -0.39 is 0 Å². The molecule has 1 heterocycles. The van der Waals surface area contributed by atoms with Crippen LogP contribution in [0.25, 0.3) is 0 Å². The van der Waals surface area contributed by atoms with Crippen LogP contribution in [0.5, 0.6) is 0 Å². The first-order valence-corrected chi connectivity index (χ1v) is 6.30. The lowest BCUT2D eigenvalue weighted by atomic mass is 10.2. The van der Waals surface area contributed by atoms with E-state index in [9.17, 15) is 0 Å². The number of aryl methyl sites for hydroxylation is 2. The van der Waals surface area contributed by atoms with Crippen molar-refractivity contribution < 1.29 is 0 Å². The molecule has 0 unspecified atom stereocenters. The molecule has 0 atom stereocenters. The molecule has 0 radical (unpaired) electrons. The normalized spacial score (nSPS) is 9.94. The second kappa shape index (κ2) is 5.03. The second-order valence-corrected chi connectivity index (χ2v) is 5.34. The quantitative estimate of drug-likeness (QED) is 0.887. The maximum absolute atomic E-state index is 8.81. The van der Waals surface area contributed by atoms with Gasteiger partial charge in [-0.15, -0.1) is 11.3 Å². The number of benzene rings is 1. The van der Waals surface area contributed by atoms with E-state index >= 15 is 0 Å². The van der Waals surface area contributed by atoms with E-state index in [0.29, 0.717) is 5.56 Å². The van der Waals surface area contributed by atoms with Gasteiger partial charge in [0.2, 0.25) is 0 Å². The smallest absolute Gasteiger partial charge is 0.0992 e. The third kappa shape index (κ3) is 2.86. The third-order valence-electron chi connectivity index (χ3n) is 2.68. The van der Waals surface area contributed by atoms with Crippen LogP contribution < -0.4 is 5.32 Å². The van der Waals surface area contributed by atoms with Gasteiger partial charge in [-0.1, -0.05) is 6.07 Å². The lowest BCUT2D eigenvalue weighted by Crippen LogP contribution is -1.97. The van der Waals surface area contributed by atoms with Crippen LogP contribution in [0.3, 0.4) is 0 Å². The summed E-state index contributed by atoms with van der Waals surface area (Å²) in [6.07, 6.45) is 0. The molecule has 17 heavy (non-hydrogen) atoms. The Morgan fingerprint density at radius 1 is 1.29 bits per heavy atom. The van der Waals surface area contributed by atoms with Gasteiger partial charge in [-0.25, -0.2) is 0 Å². The van der Waals surface area contributed by atoms with Gasteiger partial charge in [0.1, 0.15) is 0 Å². The molecule has 0 bridgehead atoms. The number of nitrogens with one attached hydrogen (secondary N) is 1. The molecule has 2 aromatic rings. The Labute approximate surface area is 106 Å². The summed E-state index contributed by atoms with van der Waals surface area (Å²) in [4.78, 5) is 2.69. The van der Waals surface area contributed by atoms with Crippen LogP contribution in [0.1, 0.15) is 20.9 Å². The summed E-state index contributed by atoms with van der Waals surface area (Å²) in [5, 5.41) is 12.1. The van der Waals surface area contributed by atoms with Gasteiger partial charge >= 0.3 is 0 Å². The summed E-state index contributed by atoms with van der Waals surface area (Å²) < 4.78 is 0. The van der Waals surface area contributed by atoms with E-state index in [1.165, 1.54) is 15.3 Å². The van der Waals surface area contributed by atoms with Crippen molar-refractivity contribution in [2.45, 2.75) is 20.4 Å². The van der Waals surface area contributed by atoms with Crippen LogP contribution >= 0.6 is 11.3 Å². The lowest BCUT2D eigenvalue weighted by molar-refractivity contribution is 1.19. The highest BCUT2D eigenvalue weighted by Crippen LogP contribution is 2.21. The minimum Gasteiger partial charge on any atom is -0.380 e. The van der Waals surface area contributed by atoms with Crippen molar-refractivity contribution in [1.29, 1.82) is 5.26 Å². The van der Waals surface area contributed by atoms with Gasteiger partial charge in [0.25, 0.3) is 0 Å². The van der Waals surface area contributed by atoms with E-state index in [2.05, 4.69) is 31.3 Å². The van der Waals surface area contributed by atoms with Crippen LogP contribution in [0.15, 0.2) is 30.3 Å². The molecule has 0 aliphatic heterocycles. The number of nitrogens with zero attached hydrogens (tertiary/aromatic N) is 1. The summed E-state index contributed by atoms with van der Waals surface area (Å²) in [5.41, 5.74) is 3.03. The molecule has 0 fully saturated rings. The molecule has 1 N–H and O–H groups in total. The SMILES string of the molecule is Cc1cc(CNc2cccc(C#N)c2)sc1C. The summed E-state index contributed by atoms with van der Waals surface area (Å²) in [6.45, 7) is 5.08. The molecule has 0 spiro atoms. The van der Waals surface area contributed by atoms with Gasteiger partial charge < -0.3 is 5.32 Å². The fourth-order valence-electron chi connectivity index (χ4n) is 1.62. The minimum absolute atomic E-state index is 0.688. The number of nitriles is 1. The number of thiophene rings is 1. The monoisotopic (exact) mass is 242 g/mol. The molecule has 2 rings (SSSR count). The molecule has 0 saturated carbocycles. The maximum Gasteiger partial charge on any atom is 0.0992 e. The van der Waals surface area contributed by atoms with Gasteiger partial charge in [0, 0.05) is 22.0 Å². The lowest BCUT2D eigenvalue weighted by Gasteiger charge is -2.04. The summed E-state index contributed by atoms with van der Waals surface area (Å²) >= 11 is 1.82. The summed E-state index contributed by atoms with van der Waals surface area (Å²) in [6, 6.07) is 11.9. The average molecular weight is 242 g/mol. The van der Waals surface area contributed by atoms with Crippen molar-refractivity contribution in [1.82, 2.24) is 0 Å². The molecule has 1 aromatic heterocycles. The molecule has 1 aromatic carbocycles. The van der Waals surface area contributed by atoms with Crippen LogP contribution in [0.2, 0.25) is 0 Å². The van der Waals surface area contributed by atoms with Crippen molar-refractivity contribution in [2.24, 2.45) is 0 Å².